The van der Waals surface area contributed by atoms with Crippen LogP contribution in [0.1, 0.15) is 25.0 Å². The lowest BCUT2D eigenvalue weighted by atomic mass is 10.1. The summed E-state index contributed by atoms with van der Waals surface area (Å²) in [6, 6.07) is 4.06. The maximum Gasteiger partial charge on any atom is 0.321 e. The van der Waals surface area contributed by atoms with E-state index < -0.39 is 4.75 Å². The standard InChI is InChI=1S/C14H20O3S/c1-9-7-10(2)12(11(8-9)16-5)18-14(3,4)13(15)17-6/h7-8H,1-6H3. The summed E-state index contributed by atoms with van der Waals surface area (Å²) >= 11 is 1.47. The highest BCUT2D eigenvalue weighted by atomic mass is 32.2. The van der Waals surface area contributed by atoms with Crippen molar-refractivity contribution in [2.45, 2.75) is 37.3 Å². The molecule has 0 saturated carbocycles. The Morgan fingerprint density at radius 2 is 1.83 bits per heavy atom. The molecule has 0 bridgehead atoms. The van der Waals surface area contributed by atoms with Gasteiger partial charge in [0.2, 0.25) is 0 Å². The number of rotatable bonds is 4. The molecule has 0 aliphatic rings. The lowest BCUT2D eigenvalue weighted by molar-refractivity contribution is -0.142. The van der Waals surface area contributed by atoms with E-state index >= 15 is 0 Å². The molecule has 0 aliphatic carbocycles. The maximum absolute atomic E-state index is 11.7. The van der Waals surface area contributed by atoms with Gasteiger partial charge in [0, 0.05) is 0 Å². The van der Waals surface area contributed by atoms with Gasteiger partial charge < -0.3 is 9.47 Å². The molecule has 0 saturated heterocycles. The van der Waals surface area contributed by atoms with Gasteiger partial charge in [-0.3, -0.25) is 4.79 Å². The summed E-state index contributed by atoms with van der Waals surface area (Å²) in [5.41, 5.74) is 2.25. The van der Waals surface area contributed by atoms with Crippen molar-refractivity contribution in [3.8, 4) is 5.75 Å². The van der Waals surface area contributed by atoms with Crippen LogP contribution in [0.2, 0.25) is 0 Å². The SMILES string of the molecule is COC(=O)C(C)(C)Sc1c(C)cc(C)cc1OC. The van der Waals surface area contributed by atoms with E-state index in [1.807, 2.05) is 33.8 Å². The molecule has 18 heavy (non-hydrogen) atoms. The first-order valence-corrected chi connectivity index (χ1v) is 6.56. The normalized spacial score (nSPS) is 11.2. The van der Waals surface area contributed by atoms with Gasteiger partial charge in [0.15, 0.2) is 0 Å². The Labute approximate surface area is 113 Å². The fourth-order valence-electron chi connectivity index (χ4n) is 1.74. The second-order valence-electron chi connectivity index (χ2n) is 4.72. The average Bonchev–Trinajstić information content (AvgIpc) is 2.30. The number of hydrogen-bond donors (Lipinski definition) is 0. The monoisotopic (exact) mass is 268 g/mol. The third-order valence-corrected chi connectivity index (χ3v) is 4.04. The van der Waals surface area contributed by atoms with E-state index in [4.69, 9.17) is 9.47 Å². The zero-order chi connectivity index (χ0) is 13.9. The molecule has 4 heteroatoms. The zero-order valence-electron chi connectivity index (χ0n) is 11.8. The summed E-state index contributed by atoms with van der Waals surface area (Å²) in [5.74, 6) is 0.559. The number of esters is 1. The Morgan fingerprint density at radius 3 is 2.33 bits per heavy atom. The zero-order valence-corrected chi connectivity index (χ0v) is 12.6. The van der Waals surface area contributed by atoms with E-state index in [2.05, 4.69) is 6.07 Å². The molecular weight excluding hydrogens is 248 g/mol. The van der Waals surface area contributed by atoms with E-state index in [0.29, 0.717) is 0 Å². The third-order valence-electron chi connectivity index (χ3n) is 2.64. The van der Waals surface area contributed by atoms with Crippen molar-refractivity contribution in [2.24, 2.45) is 0 Å². The highest BCUT2D eigenvalue weighted by molar-refractivity contribution is 8.01. The summed E-state index contributed by atoms with van der Waals surface area (Å²) in [5, 5.41) is 0. The van der Waals surface area contributed by atoms with E-state index in [-0.39, 0.29) is 5.97 Å². The van der Waals surface area contributed by atoms with Gasteiger partial charge in [-0.25, -0.2) is 0 Å². The smallest absolute Gasteiger partial charge is 0.321 e. The number of benzene rings is 1. The predicted octanol–water partition coefficient (Wildman–Crippen LogP) is 3.36. The molecule has 0 unspecified atom stereocenters. The molecule has 3 nitrogen and oxygen atoms in total. The Kier molecular flexibility index (Phi) is 4.68. The molecule has 0 fully saturated rings. The molecule has 1 aromatic carbocycles. The van der Waals surface area contributed by atoms with Gasteiger partial charge in [0.05, 0.1) is 19.1 Å². The second kappa shape index (κ2) is 5.65. The lowest BCUT2D eigenvalue weighted by Crippen LogP contribution is -2.29. The first-order valence-electron chi connectivity index (χ1n) is 5.74. The molecular formula is C14H20O3S. The number of ether oxygens (including phenoxy) is 2. The first-order chi connectivity index (χ1) is 8.31. The number of carbonyl (C=O) groups is 1. The van der Waals surface area contributed by atoms with Crippen LogP contribution in [0.15, 0.2) is 17.0 Å². The Hall–Kier alpha value is -1.16. The summed E-state index contributed by atoms with van der Waals surface area (Å²) in [7, 11) is 3.05. The fraction of sp³-hybridized carbons (Fsp3) is 0.500. The van der Waals surface area contributed by atoms with Crippen LogP contribution in [0.3, 0.4) is 0 Å². The van der Waals surface area contributed by atoms with Gasteiger partial charge in [0.1, 0.15) is 10.5 Å². The van der Waals surface area contributed by atoms with Crippen molar-refractivity contribution in [1.29, 1.82) is 0 Å². The molecule has 0 heterocycles. The highest BCUT2D eigenvalue weighted by Crippen LogP contribution is 2.41. The minimum Gasteiger partial charge on any atom is -0.496 e. The van der Waals surface area contributed by atoms with E-state index in [9.17, 15) is 4.79 Å². The van der Waals surface area contributed by atoms with Crippen LogP contribution < -0.4 is 4.74 Å². The van der Waals surface area contributed by atoms with Crippen molar-refractivity contribution in [3.05, 3.63) is 23.3 Å². The minimum absolute atomic E-state index is 0.241. The molecule has 0 aliphatic heterocycles. The maximum atomic E-state index is 11.7. The lowest BCUT2D eigenvalue weighted by Gasteiger charge is -2.23. The first kappa shape index (κ1) is 14.9. The molecule has 0 spiro atoms. The van der Waals surface area contributed by atoms with Crippen molar-refractivity contribution < 1.29 is 14.3 Å². The summed E-state index contributed by atoms with van der Waals surface area (Å²) in [6.45, 7) is 7.74. The van der Waals surface area contributed by atoms with Gasteiger partial charge in [-0.1, -0.05) is 6.07 Å². The van der Waals surface area contributed by atoms with Crippen LogP contribution in [0.25, 0.3) is 0 Å². The van der Waals surface area contributed by atoms with Crippen molar-refractivity contribution >= 4 is 17.7 Å². The van der Waals surface area contributed by atoms with Gasteiger partial charge in [-0.15, -0.1) is 11.8 Å². The van der Waals surface area contributed by atoms with Crippen LogP contribution in [-0.4, -0.2) is 24.9 Å². The summed E-state index contributed by atoms with van der Waals surface area (Å²) in [6.07, 6.45) is 0. The predicted molar refractivity (Wildman–Crippen MR) is 74.4 cm³/mol. The summed E-state index contributed by atoms with van der Waals surface area (Å²) in [4.78, 5) is 12.7. The molecule has 1 rings (SSSR count). The number of aryl methyl sites for hydroxylation is 2. The molecule has 0 atom stereocenters. The molecule has 0 aromatic heterocycles. The van der Waals surface area contributed by atoms with Gasteiger partial charge >= 0.3 is 5.97 Å². The van der Waals surface area contributed by atoms with Gasteiger partial charge in [-0.2, -0.15) is 0 Å². The summed E-state index contributed by atoms with van der Waals surface area (Å²) < 4.78 is 9.58. The topological polar surface area (TPSA) is 35.5 Å². The van der Waals surface area contributed by atoms with Crippen LogP contribution >= 0.6 is 11.8 Å². The fourth-order valence-corrected chi connectivity index (χ4v) is 2.88. The van der Waals surface area contributed by atoms with Crippen molar-refractivity contribution in [1.82, 2.24) is 0 Å². The number of carbonyl (C=O) groups excluding carboxylic acids is 1. The largest absolute Gasteiger partial charge is 0.496 e. The van der Waals surface area contributed by atoms with Crippen molar-refractivity contribution in [3.63, 3.8) is 0 Å². The third kappa shape index (κ3) is 3.19. The Bertz CT molecular complexity index is 453. The Balaban J connectivity index is 3.15. The number of thioether (sulfide) groups is 1. The minimum atomic E-state index is -0.637. The van der Waals surface area contributed by atoms with Crippen molar-refractivity contribution in [2.75, 3.05) is 14.2 Å². The van der Waals surface area contributed by atoms with Crippen LogP contribution in [0.4, 0.5) is 0 Å². The highest BCUT2D eigenvalue weighted by Gasteiger charge is 2.31. The van der Waals surface area contributed by atoms with Gasteiger partial charge in [0.25, 0.3) is 0 Å². The Morgan fingerprint density at radius 1 is 1.22 bits per heavy atom. The molecule has 100 valence electrons. The van der Waals surface area contributed by atoms with E-state index in [0.717, 1.165) is 21.8 Å². The number of hydrogen-bond acceptors (Lipinski definition) is 4. The van der Waals surface area contributed by atoms with Crippen LogP contribution in [0.5, 0.6) is 5.75 Å². The van der Waals surface area contributed by atoms with E-state index in [1.54, 1.807) is 7.11 Å². The number of methoxy groups -OCH3 is 2. The average molecular weight is 268 g/mol. The second-order valence-corrected chi connectivity index (χ2v) is 6.35. The van der Waals surface area contributed by atoms with Gasteiger partial charge in [-0.05, 0) is 44.9 Å². The van der Waals surface area contributed by atoms with Crippen LogP contribution in [0, 0.1) is 13.8 Å². The molecule has 0 amide bonds. The molecule has 1 aromatic rings. The quantitative estimate of drug-likeness (QED) is 0.619. The van der Waals surface area contributed by atoms with E-state index in [1.165, 1.54) is 18.9 Å². The van der Waals surface area contributed by atoms with Crippen LogP contribution in [-0.2, 0) is 9.53 Å². The molecule has 0 N–H and O–H groups in total. The molecule has 0 radical (unpaired) electrons.